The number of nitrogens with one attached hydrogen (secondary N) is 2. The molecule has 0 saturated carbocycles. The van der Waals surface area contributed by atoms with Crippen LogP contribution in [0.1, 0.15) is 26.3 Å². The van der Waals surface area contributed by atoms with E-state index in [-0.39, 0.29) is 28.3 Å². The van der Waals surface area contributed by atoms with Crippen molar-refractivity contribution in [1.29, 1.82) is 5.26 Å². The van der Waals surface area contributed by atoms with E-state index in [1.807, 2.05) is 0 Å². The van der Waals surface area contributed by atoms with Crippen molar-refractivity contribution in [3.63, 3.8) is 0 Å². The zero-order valence-corrected chi connectivity index (χ0v) is 18.8. The Hall–Kier alpha value is -4.29. The molecule has 0 saturated heterocycles. The minimum Gasteiger partial charge on any atom is -0.478 e. The Bertz CT molecular complexity index is 1300. The van der Waals surface area contributed by atoms with Gasteiger partial charge in [0.15, 0.2) is 0 Å². The molecule has 0 heterocycles. The van der Waals surface area contributed by atoms with Gasteiger partial charge in [-0.2, -0.15) is 5.26 Å². The Morgan fingerprint density at radius 2 is 1.63 bits per heavy atom. The highest BCUT2D eigenvalue weighted by Gasteiger charge is 2.25. The Kier molecular flexibility index (Phi) is 8.12. The number of carbonyl (C=O) groups is 3. The summed E-state index contributed by atoms with van der Waals surface area (Å²) in [7, 11) is 0. The summed E-state index contributed by atoms with van der Waals surface area (Å²) in [6.07, 6.45) is -0.467. The second-order valence-electron chi connectivity index (χ2n) is 7.38. The van der Waals surface area contributed by atoms with Crippen molar-refractivity contribution in [3.8, 4) is 17.2 Å². The van der Waals surface area contributed by atoms with Gasteiger partial charge in [0.25, 0.3) is 5.91 Å². The molecule has 3 aromatic rings. The molecule has 0 spiro atoms. The first-order chi connectivity index (χ1) is 16.7. The fourth-order valence-electron chi connectivity index (χ4n) is 3.32. The lowest BCUT2D eigenvalue weighted by atomic mass is 10.0. The van der Waals surface area contributed by atoms with Gasteiger partial charge in [-0.25, -0.2) is 13.6 Å². The van der Waals surface area contributed by atoms with Crippen molar-refractivity contribution in [2.24, 2.45) is 0 Å². The van der Waals surface area contributed by atoms with E-state index in [0.717, 1.165) is 12.1 Å². The summed E-state index contributed by atoms with van der Waals surface area (Å²) >= 11 is 6.19. The van der Waals surface area contributed by atoms with Crippen molar-refractivity contribution >= 4 is 29.4 Å². The van der Waals surface area contributed by atoms with E-state index in [4.69, 9.17) is 22.0 Å². The fourth-order valence-corrected chi connectivity index (χ4v) is 3.61. The van der Waals surface area contributed by atoms with Crippen LogP contribution < -0.4 is 10.6 Å². The number of carboxylic acids is 1. The number of carbonyl (C=O) groups excluding carboxylic acids is 2. The summed E-state index contributed by atoms with van der Waals surface area (Å²) in [6, 6.07) is 14.0. The van der Waals surface area contributed by atoms with Crippen LogP contribution in [0.25, 0.3) is 11.1 Å². The minimum absolute atomic E-state index is 0.0294. The highest BCUT2D eigenvalue weighted by molar-refractivity contribution is 6.33. The van der Waals surface area contributed by atoms with E-state index in [0.29, 0.717) is 11.1 Å². The third-order valence-corrected chi connectivity index (χ3v) is 5.42. The number of nitrogens with zero attached hydrogens (tertiary/aromatic N) is 1. The zero-order chi connectivity index (χ0) is 25.5. The molecule has 0 radical (unpaired) electrons. The molecule has 0 bridgehead atoms. The van der Waals surface area contributed by atoms with Gasteiger partial charge >= 0.3 is 5.97 Å². The average molecular weight is 498 g/mol. The minimum atomic E-state index is -1.35. The van der Waals surface area contributed by atoms with Crippen LogP contribution in [0.5, 0.6) is 0 Å². The predicted octanol–water partition coefficient (Wildman–Crippen LogP) is 3.96. The van der Waals surface area contributed by atoms with E-state index in [9.17, 15) is 23.2 Å². The van der Waals surface area contributed by atoms with E-state index in [2.05, 4.69) is 10.6 Å². The summed E-state index contributed by atoms with van der Waals surface area (Å²) in [4.78, 5) is 36.3. The molecule has 0 unspecified atom stereocenters. The zero-order valence-electron chi connectivity index (χ0n) is 18.0. The Morgan fingerprint density at radius 3 is 2.20 bits per heavy atom. The van der Waals surface area contributed by atoms with Crippen LogP contribution in [-0.4, -0.2) is 35.5 Å². The lowest BCUT2D eigenvalue weighted by molar-refractivity contribution is -0.122. The van der Waals surface area contributed by atoms with Crippen LogP contribution in [0.15, 0.2) is 60.7 Å². The second kappa shape index (κ2) is 11.2. The molecular formula is C25H18ClF2N3O4. The highest BCUT2D eigenvalue weighted by atomic mass is 35.5. The number of amides is 2. The van der Waals surface area contributed by atoms with Gasteiger partial charge in [0.05, 0.1) is 11.6 Å². The number of carboxylic acid groups (broad SMARTS) is 1. The molecule has 0 aromatic heterocycles. The predicted molar refractivity (Wildman–Crippen MR) is 124 cm³/mol. The monoisotopic (exact) mass is 497 g/mol. The van der Waals surface area contributed by atoms with Crippen molar-refractivity contribution in [2.45, 2.75) is 12.5 Å². The second-order valence-corrected chi connectivity index (χ2v) is 7.79. The normalized spacial score (nSPS) is 11.3. The van der Waals surface area contributed by atoms with Gasteiger partial charge < -0.3 is 15.7 Å². The Morgan fingerprint density at radius 1 is 1.00 bits per heavy atom. The lowest BCUT2D eigenvalue weighted by Gasteiger charge is -2.19. The molecule has 7 nitrogen and oxygen atoms in total. The van der Waals surface area contributed by atoms with Gasteiger partial charge in [-0.15, -0.1) is 0 Å². The van der Waals surface area contributed by atoms with Crippen LogP contribution in [-0.2, 0) is 11.2 Å². The summed E-state index contributed by atoms with van der Waals surface area (Å²) < 4.78 is 28.2. The molecule has 3 rings (SSSR count). The summed E-state index contributed by atoms with van der Waals surface area (Å²) in [5.74, 6) is -4.31. The molecule has 0 aliphatic rings. The lowest BCUT2D eigenvalue weighted by Crippen LogP contribution is -2.48. The van der Waals surface area contributed by atoms with Crippen molar-refractivity contribution in [1.82, 2.24) is 10.6 Å². The first-order valence-electron chi connectivity index (χ1n) is 10.2. The molecular weight excluding hydrogens is 480 g/mol. The molecule has 1 atom stereocenters. The Labute approximate surface area is 204 Å². The first-order valence-corrected chi connectivity index (χ1v) is 10.6. The number of halogens is 3. The standard InChI is InChI=1S/C25H18ClF2N3O4/c26-19-12-16(25(34)35)8-9-17(19)14-4-6-15(7-5-14)23(32)31-22(24(33)30-11-10-29)13-18-20(27)2-1-3-21(18)28/h1-9,12,22H,11,13H2,(H,30,33)(H,31,32)(H,34,35)/t22-/m0/s1. The molecule has 178 valence electrons. The SMILES string of the molecule is N#CCNC(=O)[C@H](Cc1c(F)cccc1F)NC(=O)c1ccc(-c2ccc(C(=O)O)cc2Cl)cc1. The smallest absolute Gasteiger partial charge is 0.335 e. The third kappa shape index (κ3) is 6.19. The van der Waals surface area contributed by atoms with Gasteiger partial charge in [-0.3, -0.25) is 9.59 Å². The van der Waals surface area contributed by atoms with Gasteiger partial charge in [0.2, 0.25) is 5.91 Å². The molecule has 3 N–H and O–H groups in total. The maximum atomic E-state index is 14.1. The molecule has 0 aliphatic heterocycles. The molecule has 3 aromatic carbocycles. The summed E-state index contributed by atoms with van der Waals surface area (Å²) in [5, 5.41) is 22.7. The van der Waals surface area contributed by atoms with E-state index >= 15 is 0 Å². The maximum Gasteiger partial charge on any atom is 0.335 e. The van der Waals surface area contributed by atoms with Crippen molar-refractivity contribution in [3.05, 3.63) is 94.0 Å². The Balaban J connectivity index is 1.81. The number of benzene rings is 3. The quantitative estimate of drug-likeness (QED) is 0.407. The average Bonchev–Trinajstić information content (AvgIpc) is 2.84. The van der Waals surface area contributed by atoms with Gasteiger partial charge in [-0.1, -0.05) is 35.9 Å². The van der Waals surface area contributed by atoms with E-state index in [1.165, 1.54) is 30.3 Å². The molecule has 35 heavy (non-hydrogen) atoms. The topological polar surface area (TPSA) is 119 Å². The van der Waals surface area contributed by atoms with Crippen molar-refractivity contribution < 1.29 is 28.3 Å². The number of nitriles is 1. The third-order valence-electron chi connectivity index (χ3n) is 5.11. The number of rotatable bonds is 8. The molecule has 0 aliphatic carbocycles. The van der Waals surface area contributed by atoms with Gasteiger partial charge in [0.1, 0.15) is 24.2 Å². The number of hydrogen-bond acceptors (Lipinski definition) is 4. The van der Waals surface area contributed by atoms with E-state index in [1.54, 1.807) is 24.3 Å². The number of aromatic carboxylic acids is 1. The molecule has 2 amide bonds. The summed E-state index contributed by atoms with van der Waals surface area (Å²) in [5.41, 5.74) is 0.966. The van der Waals surface area contributed by atoms with Crippen LogP contribution in [0.4, 0.5) is 8.78 Å². The van der Waals surface area contributed by atoms with Gasteiger partial charge in [-0.05, 0) is 42.0 Å². The molecule has 0 fully saturated rings. The molecule has 10 heteroatoms. The van der Waals surface area contributed by atoms with E-state index < -0.39 is 41.9 Å². The highest BCUT2D eigenvalue weighted by Crippen LogP contribution is 2.29. The first kappa shape index (κ1) is 25.3. The fraction of sp³-hybridized carbons (Fsp3) is 0.120. The van der Waals surface area contributed by atoms with Crippen LogP contribution in [0, 0.1) is 23.0 Å². The van der Waals surface area contributed by atoms with Crippen LogP contribution in [0.2, 0.25) is 5.02 Å². The largest absolute Gasteiger partial charge is 0.478 e. The summed E-state index contributed by atoms with van der Waals surface area (Å²) in [6.45, 7) is -0.346. The maximum absolute atomic E-state index is 14.1. The van der Waals surface area contributed by atoms with Crippen LogP contribution in [0.3, 0.4) is 0 Å². The van der Waals surface area contributed by atoms with Gasteiger partial charge in [0, 0.05) is 28.1 Å². The van der Waals surface area contributed by atoms with Crippen LogP contribution >= 0.6 is 11.6 Å². The number of hydrogen-bond donors (Lipinski definition) is 3. The van der Waals surface area contributed by atoms with Crippen molar-refractivity contribution in [2.75, 3.05) is 6.54 Å².